The Hall–Kier alpha value is -0.610. The zero-order chi connectivity index (χ0) is 13.0. The number of thiazole rings is 1. The van der Waals surface area contributed by atoms with Crippen LogP contribution in [0.5, 0.6) is 0 Å². The summed E-state index contributed by atoms with van der Waals surface area (Å²) < 4.78 is 0. The van der Waals surface area contributed by atoms with Crippen molar-refractivity contribution in [2.45, 2.75) is 52.6 Å². The Labute approximate surface area is 115 Å². The lowest BCUT2D eigenvalue weighted by molar-refractivity contribution is 0.390. The highest BCUT2D eigenvalue weighted by Gasteiger charge is 2.24. The maximum atomic E-state index is 4.61. The van der Waals surface area contributed by atoms with Crippen molar-refractivity contribution < 1.29 is 0 Å². The van der Waals surface area contributed by atoms with Crippen LogP contribution in [0.15, 0.2) is 6.20 Å². The van der Waals surface area contributed by atoms with Crippen LogP contribution in [0.25, 0.3) is 0 Å². The number of hydrogen-bond donors (Lipinski definition) is 1. The minimum atomic E-state index is 0.642. The number of rotatable bonds is 5. The van der Waals surface area contributed by atoms with Gasteiger partial charge in [0.1, 0.15) is 0 Å². The molecule has 0 amide bonds. The van der Waals surface area contributed by atoms with Crippen molar-refractivity contribution in [3.63, 3.8) is 0 Å². The molecule has 2 atom stereocenters. The second-order valence-electron chi connectivity index (χ2n) is 5.47. The Morgan fingerprint density at radius 3 is 3.06 bits per heavy atom. The topological polar surface area (TPSA) is 28.2 Å². The second kappa shape index (κ2) is 6.53. The number of piperidine rings is 1. The lowest BCUT2D eigenvalue weighted by atomic mass is 9.96. The molecule has 1 aromatic heterocycles. The molecule has 0 spiro atoms. The monoisotopic (exact) mass is 267 g/mol. The maximum Gasteiger partial charge on any atom is 0.185 e. The lowest BCUT2D eigenvalue weighted by Gasteiger charge is -2.36. The lowest BCUT2D eigenvalue weighted by Crippen LogP contribution is -2.40. The van der Waals surface area contributed by atoms with Crippen molar-refractivity contribution in [1.82, 2.24) is 10.3 Å². The number of anilines is 1. The quantitative estimate of drug-likeness (QED) is 0.830. The van der Waals surface area contributed by atoms with Gasteiger partial charge in [-0.25, -0.2) is 4.98 Å². The van der Waals surface area contributed by atoms with Crippen molar-refractivity contribution in [3.05, 3.63) is 11.1 Å². The van der Waals surface area contributed by atoms with Gasteiger partial charge in [-0.05, 0) is 38.6 Å². The molecule has 2 heterocycles. The van der Waals surface area contributed by atoms with Crippen LogP contribution in [0.2, 0.25) is 0 Å². The Morgan fingerprint density at radius 2 is 2.28 bits per heavy atom. The van der Waals surface area contributed by atoms with E-state index < -0.39 is 0 Å². The first-order valence-electron chi connectivity index (χ1n) is 7.12. The van der Waals surface area contributed by atoms with E-state index in [4.69, 9.17) is 0 Å². The van der Waals surface area contributed by atoms with E-state index in [2.05, 4.69) is 36.0 Å². The summed E-state index contributed by atoms with van der Waals surface area (Å²) >= 11 is 1.85. The van der Waals surface area contributed by atoms with Crippen LogP contribution in [0, 0.1) is 5.92 Å². The fraction of sp³-hybridized carbons (Fsp3) is 0.786. The molecule has 1 aromatic rings. The summed E-state index contributed by atoms with van der Waals surface area (Å²) in [5.74, 6) is 0.798. The zero-order valence-electron chi connectivity index (χ0n) is 11.8. The van der Waals surface area contributed by atoms with Crippen LogP contribution in [0.3, 0.4) is 0 Å². The molecule has 1 aliphatic heterocycles. The van der Waals surface area contributed by atoms with E-state index in [0.29, 0.717) is 6.04 Å². The van der Waals surface area contributed by atoms with Crippen LogP contribution in [-0.4, -0.2) is 24.1 Å². The molecule has 0 radical (unpaired) electrons. The summed E-state index contributed by atoms with van der Waals surface area (Å²) in [5, 5.41) is 4.65. The predicted molar refractivity (Wildman–Crippen MR) is 79.3 cm³/mol. The number of nitrogens with one attached hydrogen (secondary N) is 1. The minimum Gasteiger partial charge on any atom is -0.345 e. The predicted octanol–water partition coefficient (Wildman–Crippen LogP) is 3.27. The fourth-order valence-corrected chi connectivity index (χ4v) is 3.45. The average Bonchev–Trinajstić information content (AvgIpc) is 2.81. The Morgan fingerprint density at radius 1 is 1.44 bits per heavy atom. The summed E-state index contributed by atoms with van der Waals surface area (Å²) in [4.78, 5) is 8.45. The molecule has 4 heteroatoms. The summed E-state index contributed by atoms with van der Waals surface area (Å²) in [7, 11) is 0. The molecule has 0 aliphatic carbocycles. The van der Waals surface area contributed by atoms with Crippen molar-refractivity contribution >= 4 is 16.5 Å². The highest BCUT2D eigenvalue weighted by Crippen LogP contribution is 2.30. The summed E-state index contributed by atoms with van der Waals surface area (Å²) in [6.45, 7) is 10.1. The third-order valence-electron chi connectivity index (χ3n) is 3.63. The first-order chi connectivity index (χ1) is 8.70. The molecule has 0 aromatic carbocycles. The zero-order valence-corrected chi connectivity index (χ0v) is 12.6. The molecule has 2 unspecified atom stereocenters. The van der Waals surface area contributed by atoms with Crippen LogP contribution < -0.4 is 10.2 Å². The van der Waals surface area contributed by atoms with Gasteiger partial charge in [-0.3, -0.25) is 0 Å². The van der Waals surface area contributed by atoms with E-state index in [-0.39, 0.29) is 0 Å². The van der Waals surface area contributed by atoms with Crippen molar-refractivity contribution in [3.8, 4) is 0 Å². The molecule has 102 valence electrons. The van der Waals surface area contributed by atoms with E-state index in [0.717, 1.165) is 25.6 Å². The van der Waals surface area contributed by atoms with Gasteiger partial charge in [-0.1, -0.05) is 13.8 Å². The van der Waals surface area contributed by atoms with Crippen molar-refractivity contribution in [1.29, 1.82) is 0 Å². The first kappa shape index (κ1) is 13.8. The van der Waals surface area contributed by atoms with Gasteiger partial charge in [-0.15, -0.1) is 11.3 Å². The molecule has 1 aliphatic rings. The fourth-order valence-electron chi connectivity index (χ4n) is 2.46. The summed E-state index contributed by atoms with van der Waals surface area (Å²) in [6.07, 6.45) is 5.87. The number of hydrogen-bond acceptors (Lipinski definition) is 4. The normalized spacial score (nSPS) is 24.5. The summed E-state index contributed by atoms with van der Waals surface area (Å²) in [6, 6.07) is 0.642. The molecular formula is C14H25N3S. The Bertz CT molecular complexity index is 364. The molecule has 3 nitrogen and oxygen atoms in total. The molecule has 1 N–H and O–H groups in total. The van der Waals surface area contributed by atoms with Gasteiger partial charge in [-0.2, -0.15) is 0 Å². The third-order valence-corrected chi connectivity index (χ3v) is 4.67. The van der Waals surface area contributed by atoms with Gasteiger partial charge in [0.15, 0.2) is 5.13 Å². The molecule has 1 fully saturated rings. The average molecular weight is 267 g/mol. The highest BCUT2D eigenvalue weighted by atomic mass is 32.1. The summed E-state index contributed by atoms with van der Waals surface area (Å²) in [5.41, 5.74) is 0. The van der Waals surface area contributed by atoms with E-state index >= 15 is 0 Å². The van der Waals surface area contributed by atoms with E-state index in [1.165, 1.54) is 29.3 Å². The van der Waals surface area contributed by atoms with Crippen LogP contribution >= 0.6 is 11.3 Å². The van der Waals surface area contributed by atoms with Crippen molar-refractivity contribution in [2.75, 3.05) is 18.0 Å². The van der Waals surface area contributed by atoms with Gasteiger partial charge in [0.05, 0.1) is 0 Å². The van der Waals surface area contributed by atoms with Crippen LogP contribution in [0.1, 0.15) is 44.9 Å². The second-order valence-corrected chi connectivity index (χ2v) is 6.56. The molecule has 18 heavy (non-hydrogen) atoms. The molecule has 0 bridgehead atoms. The highest BCUT2D eigenvalue weighted by molar-refractivity contribution is 7.15. The number of nitrogens with zero attached hydrogens (tertiary/aromatic N) is 2. The molecule has 1 saturated heterocycles. The van der Waals surface area contributed by atoms with Gasteiger partial charge in [0.2, 0.25) is 0 Å². The van der Waals surface area contributed by atoms with Crippen molar-refractivity contribution in [2.24, 2.45) is 5.92 Å². The van der Waals surface area contributed by atoms with E-state index in [1.54, 1.807) is 0 Å². The number of aromatic nitrogens is 1. The van der Waals surface area contributed by atoms with Gasteiger partial charge < -0.3 is 10.2 Å². The largest absolute Gasteiger partial charge is 0.345 e. The molecule has 2 rings (SSSR count). The van der Waals surface area contributed by atoms with Gasteiger partial charge >= 0.3 is 0 Å². The van der Waals surface area contributed by atoms with Gasteiger partial charge in [0.25, 0.3) is 0 Å². The Balaban J connectivity index is 1.95. The molecule has 0 saturated carbocycles. The van der Waals surface area contributed by atoms with Crippen LogP contribution in [-0.2, 0) is 6.54 Å². The third kappa shape index (κ3) is 3.45. The Kier molecular flexibility index (Phi) is 5.01. The first-order valence-corrected chi connectivity index (χ1v) is 7.94. The van der Waals surface area contributed by atoms with Crippen LogP contribution in [0.4, 0.5) is 5.13 Å². The minimum absolute atomic E-state index is 0.642. The van der Waals surface area contributed by atoms with Gasteiger partial charge in [0, 0.05) is 30.2 Å². The van der Waals surface area contributed by atoms with E-state index in [9.17, 15) is 0 Å². The SMILES string of the molecule is CCCNCc1cnc(N2CC(C)CCC2C)s1. The maximum absolute atomic E-state index is 4.61. The smallest absolute Gasteiger partial charge is 0.185 e. The molecular weight excluding hydrogens is 242 g/mol. The standard InChI is InChI=1S/C14H25N3S/c1-4-7-15-8-13-9-16-14(18-13)17-10-11(2)5-6-12(17)3/h9,11-12,15H,4-8,10H2,1-3H3. The van der Waals surface area contributed by atoms with E-state index in [1.807, 2.05) is 17.5 Å².